The second kappa shape index (κ2) is 7.53. The maximum Gasteiger partial charge on any atom is 0.0950 e. The van der Waals surface area contributed by atoms with Crippen LogP contribution in [0.5, 0.6) is 0 Å². The minimum Gasteiger partial charge on any atom is -0.387 e. The molecule has 0 bridgehead atoms. The van der Waals surface area contributed by atoms with Crippen LogP contribution in [0.15, 0.2) is 48.5 Å². The lowest BCUT2D eigenvalue weighted by molar-refractivity contribution is 0.115. The lowest BCUT2D eigenvalue weighted by Crippen LogP contribution is -2.38. The minimum atomic E-state index is -0.597. The Balaban J connectivity index is 1.87. The molecular weight excluding hydrogens is 367 g/mol. The summed E-state index contributed by atoms with van der Waals surface area (Å²) < 4.78 is 0. The molecule has 26 heavy (non-hydrogen) atoms. The van der Waals surface area contributed by atoms with Crippen molar-refractivity contribution in [3.63, 3.8) is 0 Å². The Labute approximate surface area is 163 Å². The molecule has 2 atom stereocenters. The zero-order valence-electron chi connectivity index (χ0n) is 14.3. The SMILES string of the molecule is OC(c1cc(-c2cc(Cl)ccc2Cl)nc2ccccc12)C1CCCCN1. The largest absolute Gasteiger partial charge is 0.387 e. The average molecular weight is 387 g/mol. The number of aliphatic hydroxyl groups is 1. The number of rotatable bonds is 3. The van der Waals surface area contributed by atoms with Gasteiger partial charge in [-0.05, 0) is 55.3 Å². The van der Waals surface area contributed by atoms with E-state index in [1.165, 1.54) is 0 Å². The summed E-state index contributed by atoms with van der Waals surface area (Å²) in [7, 11) is 0. The van der Waals surface area contributed by atoms with E-state index in [4.69, 9.17) is 28.2 Å². The zero-order chi connectivity index (χ0) is 18.1. The van der Waals surface area contributed by atoms with Crippen LogP contribution in [-0.4, -0.2) is 22.7 Å². The van der Waals surface area contributed by atoms with Crippen LogP contribution in [0.25, 0.3) is 22.2 Å². The summed E-state index contributed by atoms with van der Waals surface area (Å²) in [6.45, 7) is 0.942. The molecule has 4 rings (SSSR count). The van der Waals surface area contributed by atoms with Gasteiger partial charge in [-0.25, -0.2) is 4.98 Å². The number of hydrogen-bond donors (Lipinski definition) is 2. The van der Waals surface area contributed by atoms with Gasteiger partial charge in [-0.15, -0.1) is 0 Å². The van der Waals surface area contributed by atoms with Gasteiger partial charge >= 0.3 is 0 Å². The van der Waals surface area contributed by atoms with Crippen LogP contribution < -0.4 is 5.32 Å². The molecule has 2 N–H and O–H groups in total. The molecule has 0 saturated carbocycles. The topological polar surface area (TPSA) is 45.2 Å². The van der Waals surface area contributed by atoms with E-state index in [-0.39, 0.29) is 6.04 Å². The normalized spacial score (nSPS) is 18.8. The first kappa shape index (κ1) is 17.7. The smallest absolute Gasteiger partial charge is 0.0950 e. The van der Waals surface area contributed by atoms with Gasteiger partial charge < -0.3 is 10.4 Å². The average Bonchev–Trinajstić information content (AvgIpc) is 2.69. The maximum atomic E-state index is 11.1. The molecule has 5 heteroatoms. The van der Waals surface area contributed by atoms with E-state index in [9.17, 15) is 5.11 Å². The summed E-state index contributed by atoms with van der Waals surface area (Å²) in [5.74, 6) is 0. The number of benzene rings is 2. The molecule has 0 radical (unpaired) electrons. The van der Waals surface area contributed by atoms with Crippen molar-refractivity contribution in [2.45, 2.75) is 31.4 Å². The molecule has 3 nitrogen and oxygen atoms in total. The molecule has 1 aromatic heterocycles. The van der Waals surface area contributed by atoms with E-state index >= 15 is 0 Å². The zero-order valence-corrected chi connectivity index (χ0v) is 15.8. The number of aliphatic hydroxyl groups excluding tert-OH is 1. The van der Waals surface area contributed by atoms with Crippen LogP contribution in [0.1, 0.15) is 30.9 Å². The molecule has 1 saturated heterocycles. The number of nitrogens with zero attached hydrogens (tertiary/aromatic N) is 1. The summed E-state index contributed by atoms with van der Waals surface area (Å²) in [4.78, 5) is 4.76. The first-order valence-corrected chi connectivity index (χ1v) is 9.65. The first-order chi connectivity index (χ1) is 12.6. The number of piperidine rings is 1. The Morgan fingerprint density at radius 1 is 1.08 bits per heavy atom. The van der Waals surface area contributed by atoms with E-state index in [0.717, 1.165) is 53.5 Å². The molecular formula is C21H20Cl2N2O. The number of nitrogens with one attached hydrogen (secondary N) is 1. The molecule has 0 spiro atoms. The Kier molecular flexibility index (Phi) is 5.14. The number of hydrogen-bond acceptors (Lipinski definition) is 3. The van der Waals surface area contributed by atoms with E-state index in [1.807, 2.05) is 36.4 Å². The summed E-state index contributed by atoms with van der Waals surface area (Å²) in [5.41, 5.74) is 3.21. The monoisotopic (exact) mass is 386 g/mol. The van der Waals surface area contributed by atoms with E-state index < -0.39 is 6.10 Å². The van der Waals surface area contributed by atoms with E-state index in [2.05, 4.69) is 5.32 Å². The highest BCUT2D eigenvalue weighted by atomic mass is 35.5. The van der Waals surface area contributed by atoms with Gasteiger partial charge in [0.2, 0.25) is 0 Å². The lowest BCUT2D eigenvalue weighted by Gasteiger charge is -2.29. The van der Waals surface area contributed by atoms with Crippen LogP contribution in [0.3, 0.4) is 0 Å². The van der Waals surface area contributed by atoms with Crippen molar-refractivity contribution in [1.82, 2.24) is 10.3 Å². The van der Waals surface area contributed by atoms with Crippen LogP contribution in [0, 0.1) is 0 Å². The van der Waals surface area contributed by atoms with E-state index in [0.29, 0.717) is 10.0 Å². The van der Waals surface area contributed by atoms with Crippen molar-refractivity contribution in [1.29, 1.82) is 0 Å². The number of halogens is 2. The van der Waals surface area contributed by atoms with Crippen molar-refractivity contribution in [3.05, 3.63) is 64.1 Å². The van der Waals surface area contributed by atoms with Crippen molar-refractivity contribution < 1.29 is 5.11 Å². The number of para-hydroxylation sites is 1. The van der Waals surface area contributed by atoms with Gasteiger partial charge in [0, 0.05) is 22.0 Å². The molecule has 1 fully saturated rings. The van der Waals surface area contributed by atoms with Crippen molar-refractivity contribution >= 4 is 34.1 Å². The highest BCUT2D eigenvalue weighted by molar-refractivity contribution is 6.35. The van der Waals surface area contributed by atoms with Gasteiger partial charge in [0.1, 0.15) is 0 Å². The van der Waals surface area contributed by atoms with Gasteiger partial charge in [0.15, 0.2) is 0 Å². The molecule has 3 aromatic rings. The highest BCUT2D eigenvalue weighted by Gasteiger charge is 2.25. The van der Waals surface area contributed by atoms with E-state index in [1.54, 1.807) is 12.1 Å². The van der Waals surface area contributed by atoms with Gasteiger partial charge in [0.25, 0.3) is 0 Å². The molecule has 1 aliphatic rings. The molecule has 2 aromatic carbocycles. The van der Waals surface area contributed by atoms with Crippen molar-refractivity contribution in [2.75, 3.05) is 6.54 Å². The van der Waals surface area contributed by atoms with Gasteiger partial charge in [-0.2, -0.15) is 0 Å². The summed E-state index contributed by atoms with van der Waals surface area (Å²) in [5, 5.41) is 16.7. The third-order valence-corrected chi connectivity index (χ3v) is 5.57. The number of pyridine rings is 1. The van der Waals surface area contributed by atoms with Gasteiger partial charge in [-0.3, -0.25) is 0 Å². The summed E-state index contributed by atoms with van der Waals surface area (Å²) in [6.07, 6.45) is 2.65. The Bertz CT molecular complexity index is 938. The maximum absolute atomic E-state index is 11.1. The van der Waals surface area contributed by atoms with Crippen molar-refractivity contribution in [2.24, 2.45) is 0 Å². The summed E-state index contributed by atoms with van der Waals surface area (Å²) in [6, 6.07) is 15.2. The highest BCUT2D eigenvalue weighted by Crippen LogP contribution is 2.35. The third-order valence-electron chi connectivity index (χ3n) is 5.00. The standard InChI is InChI=1S/C21H20Cl2N2O/c22-13-8-9-17(23)16(11-13)20-12-15(14-5-1-2-6-18(14)25-20)21(26)19-7-3-4-10-24-19/h1-2,5-6,8-9,11-12,19,21,24,26H,3-4,7,10H2. The molecule has 0 amide bonds. The molecule has 0 aliphatic carbocycles. The first-order valence-electron chi connectivity index (χ1n) is 8.90. The number of fused-ring (bicyclic) bond motifs is 1. The van der Waals surface area contributed by atoms with Crippen LogP contribution in [-0.2, 0) is 0 Å². The fourth-order valence-electron chi connectivity index (χ4n) is 3.64. The predicted octanol–water partition coefficient (Wildman–Crippen LogP) is 5.38. The Morgan fingerprint density at radius 3 is 2.73 bits per heavy atom. The molecule has 1 aliphatic heterocycles. The minimum absolute atomic E-state index is 0.0530. The van der Waals surface area contributed by atoms with Crippen LogP contribution in [0.2, 0.25) is 10.0 Å². The number of aromatic nitrogens is 1. The van der Waals surface area contributed by atoms with Crippen molar-refractivity contribution in [3.8, 4) is 11.3 Å². The fourth-order valence-corrected chi connectivity index (χ4v) is 4.03. The lowest BCUT2D eigenvalue weighted by atomic mass is 9.92. The molecule has 2 unspecified atom stereocenters. The Morgan fingerprint density at radius 2 is 1.92 bits per heavy atom. The third kappa shape index (κ3) is 3.45. The van der Waals surface area contributed by atoms with Gasteiger partial charge in [0.05, 0.1) is 22.3 Å². The van der Waals surface area contributed by atoms with Crippen LogP contribution in [0.4, 0.5) is 0 Å². The second-order valence-corrected chi connectivity index (χ2v) is 7.58. The quantitative estimate of drug-likeness (QED) is 0.634. The summed E-state index contributed by atoms with van der Waals surface area (Å²) >= 11 is 12.6. The Hall–Kier alpha value is -1.65. The molecule has 134 valence electrons. The fraction of sp³-hybridized carbons (Fsp3) is 0.286. The molecule has 2 heterocycles. The van der Waals surface area contributed by atoms with Gasteiger partial charge in [-0.1, -0.05) is 47.8 Å². The predicted molar refractivity (Wildman–Crippen MR) is 108 cm³/mol. The van der Waals surface area contributed by atoms with Crippen LogP contribution >= 0.6 is 23.2 Å². The second-order valence-electron chi connectivity index (χ2n) is 6.74.